The second-order valence-electron chi connectivity index (χ2n) is 8.28. The molecule has 0 aromatic heterocycles. The molecule has 0 spiro atoms. The Kier molecular flexibility index (Phi) is 6.62. The molecule has 1 aliphatic rings. The van der Waals surface area contributed by atoms with E-state index in [0.29, 0.717) is 30.7 Å². The summed E-state index contributed by atoms with van der Waals surface area (Å²) in [5.41, 5.74) is -1.88. The Balaban J connectivity index is 1.83. The van der Waals surface area contributed by atoms with E-state index in [9.17, 15) is 28.2 Å². The van der Waals surface area contributed by atoms with Crippen molar-refractivity contribution in [1.82, 2.24) is 4.90 Å². The van der Waals surface area contributed by atoms with Gasteiger partial charge in [0.25, 0.3) is 0 Å². The molecule has 0 heterocycles. The molecule has 31 heavy (non-hydrogen) atoms. The van der Waals surface area contributed by atoms with Gasteiger partial charge in [0.1, 0.15) is 17.1 Å². The number of hydrogen-bond acceptors (Lipinski definition) is 5. The third-order valence-electron chi connectivity index (χ3n) is 5.71. The van der Waals surface area contributed by atoms with Gasteiger partial charge in [-0.05, 0) is 62.8 Å². The molecule has 0 radical (unpaired) electrons. The van der Waals surface area contributed by atoms with Crippen LogP contribution in [0, 0.1) is 5.92 Å². The number of aliphatic hydroxyl groups is 1. The van der Waals surface area contributed by atoms with Crippen LogP contribution < -0.4 is 4.74 Å². The van der Waals surface area contributed by atoms with Gasteiger partial charge in [-0.1, -0.05) is 25.0 Å². The Morgan fingerprint density at radius 1 is 1.19 bits per heavy atom. The van der Waals surface area contributed by atoms with Crippen LogP contribution in [0.4, 0.5) is 13.2 Å². The van der Waals surface area contributed by atoms with Crippen molar-refractivity contribution in [2.24, 2.45) is 5.92 Å². The van der Waals surface area contributed by atoms with Gasteiger partial charge in [-0.3, -0.25) is 0 Å². The van der Waals surface area contributed by atoms with Crippen molar-refractivity contribution in [1.29, 1.82) is 0 Å². The van der Waals surface area contributed by atoms with Crippen LogP contribution >= 0.6 is 0 Å². The van der Waals surface area contributed by atoms with Crippen LogP contribution in [0.2, 0.25) is 0 Å². The summed E-state index contributed by atoms with van der Waals surface area (Å²) in [6.45, 7) is 0.708. The van der Waals surface area contributed by atoms with Gasteiger partial charge >= 0.3 is 12.1 Å². The summed E-state index contributed by atoms with van der Waals surface area (Å²) >= 11 is 0. The molecule has 0 aliphatic heterocycles. The Labute approximate surface area is 179 Å². The Morgan fingerprint density at radius 2 is 1.94 bits per heavy atom. The number of carbonyl (C=O) groups is 1. The van der Waals surface area contributed by atoms with E-state index < -0.39 is 29.1 Å². The molecule has 1 saturated carbocycles. The summed E-state index contributed by atoms with van der Waals surface area (Å²) < 4.78 is 43.6. The van der Waals surface area contributed by atoms with Crippen molar-refractivity contribution in [2.45, 2.75) is 37.5 Å². The first kappa shape index (κ1) is 23.1. The minimum Gasteiger partial charge on any atom is -0.507 e. The molecule has 2 unspecified atom stereocenters. The average Bonchev–Trinajstić information content (AvgIpc) is 2.69. The van der Waals surface area contributed by atoms with Gasteiger partial charge in [0.05, 0.1) is 11.2 Å². The number of rotatable bonds is 5. The zero-order valence-corrected chi connectivity index (χ0v) is 17.4. The summed E-state index contributed by atoms with van der Waals surface area (Å²) in [5.74, 6) is -1.64. The molecular weight excluding hydrogens is 411 g/mol. The van der Waals surface area contributed by atoms with Crippen molar-refractivity contribution in [2.75, 3.05) is 20.6 Å². The number of phenolic OH excluding ortho intramolecular Hbond substituents is 1. The first-order valence-electron chi connectivity index (χ1n) is 10.1. The van der Waals surface area contributed by atoms with Crippen molar-refractivity contribution in [3.05, 3.63) is 59.2 Å². The van der Waals surface area contributed by atoms with E-state index in [0.717, 1.165) is 25.3 Å². The fourth-order valence-electron chi connectivity index (χ4n) is 4.16. The fraction of sp³-hybridized carbons (Fsp3) is 0.435. The number of nitrogens with zero attached hydrogens (tertiary/aromatic N) is 1. The summed E-state index contributed by atoms with van der Waals surface area (Å²) in [4.78, 5) is 14.5. The molecule has 2 aromatic carbocycles. The van der Waals surface area contributed by atoms with E-state index in [2.05, 4.69) is 0 Å². The van der Waals surface area contributed by atoms with Gasteiger partial charge in [-0.25, -0.2) is 4.79 Å². The Morgan fingerprint density at radius 3 is 2.58 bits per heavy atom. The maximum atomic E-state index is 12.8. The standard InChI is InChI=1S/C23H26F3NO4/c1-27(2)14-17-6-3-4-11-22(17,30)15-7-5-8-18(12-15)31-21(29)19-10-9-16(13-20(19)28)23(24,25)26/h5,7-10,12-13,17,28,30H,3-4,6,11,14H2,1-2H3. The summed E-state index contributed by atoms with van der Waals surface area (Å²) in [6, 6.07) is 8.62. The first-order chi connectivity index (χ1) is 14.5. The highest BCUT2D eigenvalue weighted by Gasteiger charge is 2.40. The van der Waals surface area contributed by atoms with Crippen LogP contribution in [0.3, 0.4) is 0 Å². The predicted octanol–water partition coefficient (Wildman–Crippen LogP) is 4.57. The van der Waals surface area contributed by atoms with Gasteiger partial charge < -0.3 is 19.8 Å². The highest BCUT2D eigenvalue weighted by Crippen LogP contribution is 2.43. The minimum absolute atomic E-state index is 0.0150. The summed E-state index contributed by atoms with van der Waals surface area (Å²) in [7, 11) is 3.90. The Bertz CT molecular complexity index is 945. The molecule has 2 N–H and O–H groups in total. The lowest BCUT2D eigenvalue weighted by atomic mass is 9.71. The second-order valence-corrected chi connectivity index (χ2v) is 8.28. The van der Waals surface area contributed by atoms with E-state index in [1.165, 1.54) is 6.07 Å². The minimum atomic E-state index is -4.63. The summed E-state index contributed by atoms with van der Waals surface area (Å²) in [5, 5.41) is 21.3. The maximum absolute atomic E-state index is 12.8. The molecule has 3 rings (SSSR count). The third kappa shape index (κ3) is 5.19. The molecule has 1 aliphatic carbocycles. The smallest absolute Gasteiger partial charge is 0.416 e. The molecule has 5 nitrogen and oxygen atoms in total. The van der Waals surface area contributed by atoms with Crippen LogP contribution in [0.25, 0.3) is 0 Å². The van der Waals surface area contributed by atoms with Crippen molar-refractivity contribution in [3.8, 4) is 11.5 Å². The average molecular weight is 437 g/mol. The lowest BCUT2D eigenvalue weighted by Crippen LogP contribution is -2.43. The molecule has 1 fully saturated rings. The number of esters is 1. The molecule has 168 valence electrons. The number of aromatic hydroxyl groups is 1. The maximum Gasteiger partial charge on any atom is 0.416 e. The third-order valence-corrected chi connectivity index (χ3v) is 5.71. The van der Waals surface area contributed by atoms with E-state index >= 15 is 0 Å². The molecule has 0 amide bonds. The molecule has 8 heteroatoms. The molecule has 0 saturated heterocycles. The highest BCUT2D eigenvalue weighted by atomic mass is 19.4. The lowest BCUT2D eigenvalue weighted by Gasteiger charge is -2.41. The van der Waals surface area contributed by atoms with Gasteiger partial charge in [-0.2, -0.15) is 13.2 Å². The molecule has 2 atom stereocenters. The number of halogens is 3. The molecular formula is C23H26F3NO4. The number of alkyl halides is 3. The zero-order chi connectivity index (χ0) is 22.8. The SMILES string of the molecule is CN(C)CC1CCCCC1(O)c1cccc(OC(=O)c2ccc(C(F)(F)F)cc2O)c1. The lowest BCUT2D eigenvalue weighted by molar-refractivity contribution is -0.137. The second kappa shape index (κ2) is 8.88. The highest BCUT2D eigenvalue weighted by molar-refractivity contribution is 5.94. The number of hydrogen-bond donors (Lipinski definition) is 2. The monoisotopic (exact) mass is 437 g/mol. The van der Waals surface area contributed by atoms with Gasteiger partial charge in [0.15, 0.2) is 0 Å². The van der Waals surface area contributed by atoms with E-state index in [1.54, 1.807) is 18.2 Å². The van der Waals surface area contributed by atoms with Crippen LogP contribution in [0.5, 0.6) is 11.5 Å². The van der Waals surface area contributed by atoms with Gasteiger partial charge in [0.2, 0.25) is 0 Å². The number of carbonyl (C=O) groups excluding carboxylic acids is 1. The van der Waals surface area contributed by atoms with Crippen molar-refractivity contribution >= 4 is 5.97 Å². The van der Waals surface area contributed by atoms with Gasteiger partial charge in [-0.15, -0.1) is 0 Å². The number of benzene rings is 2. The largest absolute Gasteiger partial charge is 0.507 e. The van der Waals surface area contributed by atoms with Crippen molar-refractivity contribution in [3.63, 3.8) is 0 Å². The van der Waals surface area contributed by atoms with Crippen LogP contribution in [0.15, 0.2) is 42.5 Å². The zero-order valence-electron chi connectivity index (χ0n) is 17.4. The fourth-order valence-corrected chi connectivity index (χ4v) is 4.16. The van der Waals surface area contributed by atoms with Crippen LogP contribution in [-0.2, 0) is 11.8 Å². The molecule has 2 aromatic rings. The van der Waals surface area contributed by atoms with E-state index in [4.69, 9.17) is 4.74 Å². The quantitative estimate of drug-likeness (QED) is 0.530. The van der Waals surface area contributed by atoms with E-state index in [-0.39, 0.29) is 17.2 Å². The first-order valence-corrected chi connectivity index (χ1v) is 10.1. The topological polar surface area (TPSA) is 70.0 Å². The van der Waals surface area contributed by atoms with Gasteiger partial charge in [0, 0.05) is 12.5 Å². The van der Waals surface area contributed by atoms with E-state index in [1.807, 2.05) is 19.0 Å². The predicted molar refractivity (Wildman–Crippen MR) is 109 cm³/mol. The normalized spacial score (nSPS) is 21.8. The Hall–Kier alpha value is -2.58. The summed E-state index contributed by atoms with van der Waals surface area (Å²) in [6.07, 6.45) is -1.26. The van der Waals surface area contributed by atoms with Crippen molar-refractivity contribution < 1.29 is 32.9 Å². The van der Waals surface area contributed by atoms with Crippen LogP contribution in [0.1, 0.15) is 47.2 Å². The number of phenols is 1. The molecule has 0 bridgehead atoms. The number of ether oxygens (including phenoxy) is 1. The van der Waals surface area contributed by atoms with Crippen LogP contribution in [-0.4, -0.2) is 41.7 Å².